The molecule has 1 atom stereocenters. The number of aromatic nitrogens is 1. The number of fused-ring (bicyclic) bond motifs is 1. The van der Waals surface area contributed by atoms with Gasteiger partial charge in [-0.1, -0.05) is 35.1 Å². The lowest BCUT2D eigenvalue weighted by molar-refractivity contribution is -0.132. The standard InChI is InChI=1S/C27H21ClN2O5S/c1-3-35-19-12-13-20-21(14-19)36-27(29-20)30-23(15-4-8-17(28)9-5-15)22(25(32)26(30)33)24(31)16-6-10-18(34-2)11-7-16/h4-14,23,31H,3H2,1-2H3/t23-/m1/s1. The zero-order valence-electron chi connectivity index (χ0n) is 19.4. The molecular weight excluding hydrogens is 500 g/mol. The molecule has 1 fully saturated rings. The van der Waals surface area contributed by atoms with Crippen LogP contribution < -0.4 is 14.4 Å². The van der Waals surface area contributed by atoms with E-state index in [9.17, 15) is 14.7 Å². The molecule has 0 radical (unpaired) electrons. The maximum atomic E-state index is 13.4. The fourth-order valence-corrected chi connectivity index (χ4v) is 5.29. The van der Waals surface area contributed by atoms with E-state index >= 15 is 0 Å². The number of methoxy groups -OCH3 is 1. The van der Waals surface area contributed by atoms with E-state index < -0.39 is 17.7 Å². The number of Topliss-reactive ketones (excluding diaryl/α,β-unsaturated/α-hetero) is 1. The largest absolute Gasteiger partial charge is 0.507 e. The van der Waals surface area contributed by atoms with Crippen molar-refractivity contribution in [3.63, 3.8) is 0 Å². The third-order valence-corrected chi connectivity index (χ3v) is 7.13. The predicted molar refractivity (Wildman–Crippen MR) is 140 cm³/mol. The van der Waals surface area contributed by atoms with Crippen LogP contribution >= 0.6 is 22.9 Å². The first-order valence-electron chi connectivity index (χ1n) is 11.2. The molecule has 9 heteroatoms. The fourth-order valence-electron chi connectivity index (χ4n) is 4.15. The number of halogens is 1. The minimum Gasteiger partial charge on any atom is -0.507 e. The lowest BCUT2D eigenvalue weighted by Gasteiger charge is -2.23. The number of benzene rings is 3. The van der Waals surface area contributed by atoms with Crippen LogP contribution in [0.15, 0.2) is 72.3 Å². The second-order valence-corrected chi connectivity index (χ2v) is 9.45. The molecule has 1 aromatic heterocycles. The number of ether oxygens (including phenoxy) is 2. The summed E-state index contributed by atoms with van der Waals surface area (Å²) in [7, 11) is 1.54. The SMILES string of the molecule is CCOc1ccc2nc(N3C(=O)C(=O)C(=C(O)c4ccc(OC)cc4)[C@H]3c3ccc(Cl)cc3)sc2c1. The van der Waals surface area contributed by atoms with E-state index in [0.29, 0.717) is 44.9 Å². The third kappa shape index (κ3) is 4.19. The van der Waals surface area contributed by atoms with Gasteiger partial charge in [0.1, 0.15) is 17.3 Å². The first-order chi connectivity index (χ1) is 17.4. The van der Waals surface area contributed by atoms with E-state index in [1.165, 1.54) is 23.3 Å². The fraction of sp³-hybridized carbons (Fsp3) is 0.148. The molecule has 36 heavy (non-hydrogen) atoms. The molecule has 2 heterocycles. The summed E-state index contributed by atoms with van der Waals surface area (Å²) < 4.78 is 11.6. The minimum absolute atomic E-state index is 0.0262. The number of ketones is 1. The van der Waals surface area contributed by atoms with Gasteiger partial charge >= 0.3 is 5.91 Å². The molecule has 0 saturated carbocycles. The number of anilines is 1. The summed E-state index contributed by atoms with van der Waals surface area (Å²) in [5, 5.41) is 12.1. The molecule has 5 rings (SSSR count). The number of nitrogens with zero attached hydrogens (tertiary/aromatic N) is 2. The maximum Gasteiger partial charge on any atom is 0.301 e. The van der Waals surface area contributed by atoms with Crippen LogP contribution in [-0.4, -0.2) is 35.5 Å². The van der Waals surface area contributed by atoms with Crippen LogP contribution in [0.2, 0.25) is 5.02 Å². The molecule has 1 aliphatic heterocycles. The summed E-state index contributed by atoms with van der Waals surface area (Å²) in [4.78, 5) is 32.7. The average molecular weight is 521 g/mol. The normalized spacial score (nSPS) is 17.1. The Hall–Kier alpha value is -3.88. The van der Waals surface area contributed by atoms with Crippen molar-refractivity contribution in [2.45, 2.75) is 13.0 Å². The highest BCUT2D eigenvalue weighted by Gasteiger charge is 2.48. The van der Waals surface area contributed by atoms with Crippen LogP contribution in [0, 0.1) is 0 Å². The molecule has 1 N–H and O–H groups in total. The third-order valence-electron chi connectivity index (χ3n) is 5.86. The molecular formula is C27H21ClN2O5S. The van der Waals surface area contributed by atoms with Crippen LogP contribution in [0.1, 0.15) is 24.1 Å². The number of hydrogen-bond acceptors (Lipinski definition) is 7. The molecule has 0 spiro atoms. The number of hydrogen-bond donors (Lipinski definition) is 1. The van der Waals surface area contributed by atoms with E-state index in [2.05, 4.69) is 4.98 Å². The summed E-state index contributed by atoms with van der Waals surface area (Å²) in [5.74, 6) is -0.553. The first-order valence-corrected chi connectivity index (χ1v) is 12.3. The highest BCUT2D eigenvalue weighted by Crippen LogP contribution is 2.44. The van der Waals surface area contributed by atoms with Crippen LogP contribution in [0.5, 0.6) is 11.5 Å². The van der Waals surface area contributed by atoms with Gasteiger partial charge in [0, 0.05) is 10.6 Å². The molecule has 1 aliphatic rings. The zero-order chi connectivity index (χ0) is 25.4. The number of carbonyl (C=O) groups is 2. The summed E-state index contributed by atoms with van der Waals surface area (Å²) in [5.41, 5.74) is 1.65. The Morgan fingerprint density at radius 1 is 1.06 bits per heavy atom. The van der Waals surface area contributed by atoms with Gasteiger partial charge in [0.05, 0.1) is 35.5 Å². The molecule has 1 saturated heterocycles. The van der Waals surface area contributed by atoms with Crippen molar-refractivity contribution >= 4 is 55.7 Å². The van der Waals surface area contributed by atoms with Crippen molar-refractivity contribution in [2.75, 3.05) is 18.6 Å². The van der Waals surface area contributed by atoms with Gasteiger partial charge in [0.2, 0.25) is 0 Å². The van der Waals surface area contributed by atoms with Gasteiger partial charge in [-0.3, -0.25) is 14.5 Å². The van der Waals surface area contributed by atoms with Gasteiger partial charge in [-0.2, -0.15) is 0 Å². The van der Waals surface area contributed by atoms with Crippen LogP contribution in [0.25, 0.3) is 16.0 Å². The first kappa shape index (κ1) is 23.8. The second-order valence-electron chi connectivity index (χ2n) is 8.01. The van der Waals surface area contributed by atoms with Crippen molar-refractivity contribution in [3.05, 3.63) is 88.5 Å². The van der Waals surface area contributed by atoms with Gasteiger partial charge in [0.25, 0.3) is 5.78 Å². The second kappa shape index (κ2) is 9.64. The Kier molecular flexibility index (Phi) is 6.38. The number of carbonyl (C=O) groups excluding carboxylic acids is 2. The molecule has 182 valence electrons. The lowest BCUT2D eigenvalue weighted by Crippen LogP contribution is -2.29. The molecule has 4 aromatic rings. The number of aliphatic hydroxyl groups is 1. The smallest absolute Gasteiger partial charge is 0.301 e. The molecule has 7 nitrogen and oxygen atoms in total. The van der Waals surface area contributed by atoms with Crippen molar-refractivity contribution < 1.29 is 24.2 Å². The van der Waals surface area contributed by atoms with Crippen molar-refractivity contribution in [3.8, 4) is 11.5 Å². The van der Waals surface area contributed by atoms with Crippen molar-refractivity contribution in [1.29, 1.82) is 0 Å². The zero-order valence-corrected chi connectivity index (χ0v) is 21.0. The van der Waals surface area contributed by atoms with Gasteiger partial charge in [-0.05, 0) is 67.1 Å². The molecule has 0 aliphatic carbocycles. The molecule has 0 bridgehead atoms. The van der Waals surface area contributed by atoms with E-state index in [1.807, 2.05) is 25.1 Å². The number of aliphatic hydroxyl groups excluding tert-OH is 1. The Labute approximate surface area is 216 Å². The average Bonchev–Trinajstić information content (AvgIpc) is 3.42. The summed E-state index contributed by atoms with van der Waals surface area (Å²) in [6, 6.07) is 18.0. The summed E-state index contributed by atoms with van der Waals surface area (Å²) >= 11 is 7.37. The Morgan fingerprint density at radius 2 is 1.75 bits per heavy atom. The van der Waals surface area contributed by atoms with Crippen LogP contribution in [0.3, 0.4) is 0 Å². The number of thiazole rings is 1. The summed E-state index contributed by atoms with van der Waals surface area (Å²) in [6.45, 7) is 2.42. The van der Waals surface area contributed by atoms with E-state index in [-0.39, 0.29) is 11.3 Å². The van der Waals surface area contributed by atoms with Crippen LogP contribution in [0.4, 0.5) is 5.13 Å². The Balaban J connectivity index is 1.67. The number of amides is 1. The van der Waals surface area contributed by atoms with Crippen molar-refractivity contribution in [2.24, 2.45) is 0 Å². The topological polar surface area (TPSA) is 89.0 Å². The predicted octanol–water partition coefficient (Wildman–Crippen LogP) is 5.98. The number of rotatable bonds is 6. The van der Waals surface area contributed by atoms with Gasteiger partial charge in [-0.25, -0.2) is 4.98 Å². The maximum absolute atomic E-state index is 13.4. The Bertz CT molecular complexity index is 1500. The Morgan fingerprint density at radius 3 is 2.42 bits per heavy atom. The highest BCUT2D eigenvalue weighted by molar-refractivity contribution is 7.22. The van der Waals surface area contributed by atoms with Gasteiger partial charge in [0.15, 0.2) is 5.13 Å². The van der Waals surface area contributed by atoms with E-state index in [1.54, 1.807) is 48.5 Å². The van der Waals surface area contributed by atoms with Crippen LogP contribution in [-0.2, 0) is 9.59 Å². The van der Waals surface area contributed by atoms with E-state index in [0.717, 1.165) is 4.70 Å². The molecule has 3 aromatic carbocycles. The quantitative estimate of drug-likeness (QED) is 0.191. The van der Waals surface area contributed by atoms with Crippen molar-refractivity contribution in [1.82, 2.24) is 4.98 Å². The van der Waals surface area contributed by atoms with Gasteiger partial charge in [-0.15, -0.1) is 0 Å². The lowest BCUT2D eigenvalue weighted by atomic mass is 9.95. The summed E-state index contributed by atoms with van der Waals surface area (Å²) in [6.07, 6.45) is 0. The molecule has 0 unspecified atom stereocenters. The van der Waals surface area contributed by atoms with E-state index in [4.69, 9.17) is 21.1 Å². The molecule has 1 amide bonds. The highest BCUT2D eigenvalue weighted by atomic mass is 35.5. The minimum atomic E-state index is -0.892. The monoisotopic (exact) mass is 520 g/mol. The van der Waals surface area contributed by atoms with Gasteiger partial charge < -0.3 is 14.6 Å².